The van der Waals surface area contributed by atoms with Gasteiger partial charge in [0.15, 0.2) is 0 Å². The molecule has 176 valence electrons. The average Bonchev–Trinajstić information content (AvgIpc) is 3.37. The van der Waals surface area contributed by atoms with Crippen LogP contribution in [-0.4, -0.2) is 8.07 Å². The van der Waals surface area contributed by atoms with Crippen LogP contribution in [0.1, 0.15) is 39.8 Å². The standard InChI is InChI=1S/C31H28Si.2ClH.Zr/c1-3-4-21-32(2,30-26-17-9-5-13-22(26)23-14-6-10-18-27(23)30)31-28-19-11-7-15-24(28)25-16-8-12-20-29(25)31;;;/h3,5-20,30-31H,1,4,21H2,2H3;2*1H;. The second kappa shape index (κ2) is 11.1. The molecule has 6 rings (SSSR count). The van der Waals surface area contributed by atoms with Gasteiger partial charge in [0.1, 0.15) is 0 Å². The first-order valence-electron chi connectivity index (χ1n) is 11.7. The SMILES string of the molecule is C=CCC[Si](C)(C1c2ccccc2-c2ccccc21)C1c2ccccc2-c2ccccc21.Cl.Cl.[Zr]. The fraction of sp³-hybridized carbons (Fsp3) is 0.161. The fourth-order valence-corrected chi connectivity index (χ4v) is 12.2. The van der Waals surface area contributed by atoms with E-state index < -0.39 is 8.07 Å². The Labute approximate surface area is 241 Å². The first kappa shape index (κ1) is 27.9. The van der Waals surface area contributed by atoms with E-state index >= 15 is 0 Å². The Bertz CT molecular complexity index is 1160. The molecule has 0 fully saturated rings. The number of benzene rings is 4. The number of hydrogen-bond acceptors (Lipinski definition) is 0. The molecular formula is C31H30Cl2SiZr. The zero-order valence-corrected chi connectivity index (χ0v) is 25.0. The topological polar surface area (TPSA) is 0 Å². The smallest absolute Gasteiger partial charge is 0.0764 e. The van der Waals surface area contributed by atoms with Crippen molar-refractivity contribution in [3.05, 3.63) is 132 Å². The third kappa shape index (κ3) is 4.27. The summed E-state index contributed by atoms with van der Waals surface area (Å²) in [4.78, 5) is 0. The van der Waals surface area contributed by atoms with E-state index in [1.165, 1.54) is 50.6 Å². The molecule has 0 nitrogen and oxygen atoms in total. The van der Waals surface area contributed by atoms with Crippen LogP contribution in [0, 0.1) is 0 Å². The quantitative estimate of drug-likeness (QED) is 0.160. The minimum absolute atomic E-state index is 0. The minimum atomic E-state index is -1.98. The van der Waals surface area contributed by atoms with Crippen molar-refractivity contribution in [1.82, 2.24) is 0 Å². The second-order valence-electron chi connectivity index (χ2n) is 9.55. The van der Waals surface area contributed by atoms with E-state index in [1.807, 2.05) is 0 Å². The average molecular weight is 593 g/mol. The largest absolute Gasteiger partial charge is 0.147 e. The van der Waals surface area contributed by atoms with E-state index in [9.17, 15) is 0 Å². The summed E-state index contributed by atoms with van der Waals surface area (Å²) in [6, 6.07) is 37.8. The van der Waals surface area contributed by atoms with Crippen molar-refractivity contribution in [1.29, 1.82) is 0 Å². The Kier molecular flexibility index (Phi) is 8.87. The third-order valence-electron chi connectivity index (χ3n) is 7.87. The van der Waals surface area contributed by atoms with E-state index in [2.05, 4.69) is 116 Å². The molecule has 0 amide bonds. The van der Waals surface area contributed by atoms with Crippen molar-refractivity contribution in [3.63, 3.8) is 0 Å². The zero-order valence-electron chi connectivity index (χ0n) is 19.9. The first-order chi connectivity index (χ1) is 15.7. The predicted octanol–water partition coefficient (Wildman–Crippen LogP) is 9.19. The first-order valence-corrected chi connectivity index (χ1v) is 14.6. The minimum Gasteiger partial charge on any atom is -0.147 e. The summed E-state index contributed by atoms with van der Waals surface area (Å²) in [7, 11) is -1.98. The van der Waals surface area contributed by atoms with E-state index in [0.717, 1.165) is 6.42 Å². The van der Waals surface area contributed by atoms with E-state index in [-0.39, 0.29) is 51.0 Å². The number of allylic oxidation sites excluding steroid dienone is 1. The zero-order chi connectivity index (χ0) is 21.7. The summed E-state index contributed by atoms with van der Waals surface area (Å²) in [5.74, 6) is 0. The van der Waals surface area contributed by atoms with Gasteiger partial charge in [-0.05, 0) is 50.9 Å². The maximum Gasteiger partial charge on any atom is 0.0764 e. The van der Waals surface area contributed by atoms with Crippen LogP contribution in [0.5, 0.6) is 0 Å². The molecule has 35 heavy (non-hydrogen) atoms. The summed E-state index contributed by atoms with van der Waals surface area (Å²) in [5, 5.41) is 0. The Morgan fingerprint density at radius 1 is 0.600 bits per heavy atom. The van der Waals surface area contributed by atoms with Gasteiger partial charge in [0, 0.05) is 37.3 Å². The summed E-state index contributed by atoms with van der Waals surface area (Å²) >= 11 is 0. The molecule has 0 unspecified atom stereocenters. The van der Waals surface area contributed by atoms with Crippen LogP contribution >= 0.6 is 24.8 Å². The summed E-state index contributed by atoms with van der Waals surface area (Å²) in [5.41, 5.74) is 12.9. The predicted molar refractivity (Wildman–Crippen MR) is 153 cm³/mol. The van der Waals surface area contributed by atoms with Crippen LogP contribution in [0.3, 0.4) is 0 Å². The second-order valence-corrected chi connectivity index (χ2v) is 14.2. The summed E-state index contributed by atoms with van der Waals surface area (Å²) in [6.45, 7) is 6.79. The molecule has 0 heterocycles. The molecule has 4 aromatic rings. The summed E-state index contributed by atoms with van der Waals surface area (Å²) in [6.07, 6.45) is 3.20. The molecule has 0 atom stereocenters. The number of rotatable bonds is 5. The van der Waals surface area contributed by atoms with Crippen LogP contribution in [0.4, 0.5) is 0 Å². The monoisotopic (exact) mass is 590 g/mol. The van der Waals surface area contributed by atoms with E-state index in [1.54, 1.807) is 0 Å². The van der Waals surface area contributed by atoms with Crippen LogP contribution in [-0.2, 0) is 26.2 Å². The normalized spacial score (nSPS) is 13.3. The molecule has 2 aliphatic carbocycles. The van der Waals surface area contributed by atoms with Crippen molar-refractivity contribution in [2.75, 3.05) is 0 Å². The van der Waals surface area contributed by atoms with Gasteiger partial charge in [-0.15, -0.1) is 31.4 Å². The maximum atomic E-state index is 4.12. The van der Waals surface area contributed by atoms with E-state index in [0.29, 0.717) is 11.1 Å². The molecule has 4 aromatic carbocycles. The van der Waals surface area contributed by atoms with E-state index in [4.69, 9.17) is 0 Å². The number of hydrogen-bond donors (Lipinski definition) is 0. The molecule has 0 radical (unpaired) electrons. The van der Waals surface area contributed by atoms with Gasteiger partial charge in [-0.1, -0.05) is 116 Å². The Morgan fingerprint density at radius 2 is 0.886 bits per heavy atom. The molecular weight excluding hydrogens is 563 g/mol. The van der Waals surface area contributed by atoms with Gasteiger partial charge in [-0.3, -0.25) is 0 Å². The van der Waals surface area contributed by atoms with Gasteiger partial charge < -0.3 is 0 Å². The van der Waals surface area contributed by atoms with Crippen LogP contribution in [0.2, 0.25) is 12.6 Å². The molecule has 0 saturated carbocycles. The van der Waals surface area contributed by atoms with Crippen molar-refractivity contribution >= 4 is 32.9 Å². The Morgan fingerprint density at radius 3 is 1.17 bits per heavy atom. The Hall–Kier alpha value is -1.70. The van der Waals surface area contributed by atoms with Gasteiger partial charge in [0.25, 0.3) is 0 Å². The van der Waals surface area contributed by atoms with Crippen LogP contribution < -0.4 is 0 Å². The van der Waals surface area contributed by atoms with Crippen molar-refractivity contribution in [2.24, 2.45) is 0 Å². The number of halogens is 2. The van der Waals surface area contributed by atoms with Crippen molar-refractivity contribution in [3.8, 4) is 22.3 Å². The summed E-state index contributed by atoms with van der Waals surface area (Å²) < 4.78 is 0. The van der Waals surface area contributed by atoms with Crippen LogP contribution in [0.25, 0.3) is 22.3 Å². The molecule has 0 saturated heterocycles. The van der Waals surface area contributed by atoms with Gasteiger partial charge in [-0.25, -0.2) is 0 Å². The molecule has 4 heteroatoms. The van der Waals surface area contributed by atoms with Gasteiger partial charge >= 0.3 is 0 Å². The molecule has 0 aliphatic heterocycles. The fourth-order valence-electron chi connectivity index (χ4n) is 6.60. The molecule has 0 bridgehead atoms. The van der Waals surface area contributed by atoms with Crippen molar-refractivity contribution < 1.29 is 26.2 Å². The third-order valence-corrected chi connectivity index (χ3v) is 13.1. The van der Waals surface area contributed by atoms with Crippen LogP contribution in [0.15, 0.2) is 110 Å². The molecule has 0 aromatic heterocycles. The molecule has 0 spiro atoms. The Balaban J connectivity index is 0.00000114. The molecule has 0 N–H and O–H groups in total. The van der Waals surface area contributed by atoms with Gasteiger partial charge in [-0.2, -0.15) is 0 Å². The number of fused-ring (bicyclic) bond motifs is 6. The van der Waals surface area contributed by atoms with Crippen molar-refractivity contribution in [2.45, 2.75) is 30.1 Å². The maximum absolute atomic E-state index is 4.12. The molecule has 2 aliphatic rings. The van der Waals surface area contributed by atoms with Gasteiger partial charge in [0.2, 0.25) is 0 Å². The van der Waals surface area contributed by atoms with Gasteiger partial charge in [0.05, 0.1) is 8.07 Å².